The van der Waals surface area contributed by atoms with E-state index >= 15 is 0 Å². The number of aryl methyl sites for hydroxylation is 1. The van der Waals surface area contributed by atoms with Crippen LogP contribution >= 0.6 is 11.6 Å². The summed E-state index contributed by atoms with van der Waals surface area (Å²) in [6, 6.07) is 14.6. The minimum atomic E-state index is 0.689. The van der Waals surface area contributed by atoms with Crippen molar-refractivity contribution in [3.8, 4) is 11.5 Å². The normalized spacial score (nSPS) is 14.3. The van der Waals surface area contributed by atoms with Gasteiger partial charge in [-0.1, -0.05) is 35.4 Å². The highest BCUT2D eigenvalue weighted by atomic mass is 35.5. The van der Waals surface area contributed by atoms with E-state index in [1.807, 2.05) is 42.5 Å². The molecule has 1 saturated carbocycles. The van der Waals surface area contributed by atoms with Crippen LogP contribution < -0.4 is 10.1 Å². The summed E-state index contributed by atoms with van der Waals surface area (Å²) in [5.41, 5.74) is 2.34. The minimum Gasteiger partial charge on any atom is -0.457 e. The topological polar surface area (TPSA) is 21.3 Å². The highest BCUT2D eigenvalue weighted by molar-refractivity contribution is 6.31. The molecule has 3 rings (SSSR count). The van der Waals surface area contributed by atoms with Crippen LogP contribution in [0, 0.1) is 6.92 Å². The number of hydrogen-bond acceptors (Lipinski definition) is 2. The zero-order chi connectivity index (χ0) is 13.9. The number of ether oxygens (including phenoxy) is 1. The van der Waals surface area contributed by atoms with E-state index in [4.69, 9.17) is 16.3 Å². The van der Waals surface area contributed by atoms with Gasteiger partial charge in [0, 0.05) is 17.6 Å². The van der Waals surface area contributed by atoms with Gasteiger partial charge in [-0.3, -0.25) is 0 Å². The average molecular weight is 288 g/mol. The summed E-state index contributed by atoms with van der Waals surface area (Å²) < 4.78 is 5.80. The van der Waals surface area contributed by atoms with E-state index in [1.165, 1.54) is 18.4 Å². The lowest BCUT2D eigenvalue weighted by molar-refractivity contribution is 0.482. The smallest absolute Gasteiger partial charge is 0.128 e. The quantitative estimate of drug-likeness (QED) is 0.861. The van der Waals surface area contributed by atoms with Gasteiger partial charge in [-0.15, -0.1) is 0 Å². The third-order valence-corrected chi connectivity index (χ3v) is 3.79. The van der Waals surface area contributed by atoms with Gasteiger partial charge in [0.15, 0.2) is 0 Å². The second kappa shape index (κ2) is 5.86. The molecule has 2 aromatic carbocycles. The first-order chi connectivity index (χ1) is 9.70. The molecule has 2 nitrogen and oxygen atoms in total. The number of nitrogens with one attached hydrogen (secondary N) is 1. The van der Waals surface area contributed by atoms with Crippen LogP contribution in [0.25, 0.3) is 0 Å². The monoisotopic (exact) mass is 287 g/mol. The Labute approximate surface area is 124 Å². The molecule has 1 aliphatic rings. The van der Waals surface area contributed by atoms with Crippen molar-refractivity contribution in [1.82, 2.24) is 5.32 Å². The van der Waals surface area contributed by atoms with E-state index in [1.54, 1.807) is 0 Å². The summed E-state index contributed by atoms with van der Waals surface area (Å²) in [4.78, 5) is 0. The number of halogens is 1. The first-order valence-corrected chi connectivity index (χ1v) is 7.35. The predicted octanol–water partition coefficient (Wildman–Crippen LogP) is 4.69. The molecule has 1 fully saturated rings. The Hall–Kier alpha value is -1.51. The molecular weight excluding hydrogens is 270 g/mol. The number of rotatable bonds is 5. The standard InChI is InChI=1S/C17H18ClNO/c1-12-2-7-15(8-3-12)20-16-9-4-13(17(18)10-16)11-19-14-5-6-14/h2-4,7-10,14,19H,5-6,11H2,1H3. The maximum absolute atomic E-state index is 6.30. The Morgan fingerprint density at radius 1 is 1.10 bits per heavy atom. The molecule has 0 unspecified atom stereocenters. The SMILES string of the molecule is Cc1ccc(Oc2ccc(CNC3CC3)c(Cl)c2)cc1. The summed E-state index contributed by atoms with van der Waals surface area (Å²) in [5.74, 6) is 1.60. The van der Waals surface area contributed by atoms with Crippen molar-refractivity contribution >= 4 is 11.6 Å². The zero-order valence-corrected chi connectivity index (χ0v) is 12.3. The van der Waals surface area contributed by atoms with Crippen molar-refractivity contribution < 1.29 is 4.74 Å². The zero-order valence-electron chi connectivity index (χ0n) is 11.5. The molecule has 0 radical (unpaired) electrons. The summed E-state index contributed by atoms with van der Waals surface area (Å²) in [6.45, 7) is 2.89. The lowest BCUT2D eigenvalue weighted by Crippen LogP contribution is -2.15. The Kier molecular flexibility index (Phi) is 3.95. The summed E-state index contributed by atoms with van der Waals surface area (Å²) in [6.07, 6.45) is 2.57. The third-order valence-electron chi connectivity index (χ3n) is 3.44. The number of hydrogen-bond donors (Lipinski definition) is 1. The summed E-state index contributed by atoms with van der Waals surface area (Å²) >= 11 is 6.30. The van der Waals surface area contributed by atoms with Crippen molar-refractivity contribution in [3.63, 3.8) is 0 Å². The van der Waals surface area contributed by atoms with Crippen LogP contribution in [0.1, 0.15) is 24.0 Å². The molecule has 104 valence electrons. The van der Waals surface area contributed by atoms with Gasteiger partial charge in [0.1, 0.15) is 11.5 Å². The Bertz CT molecular complexity index is 590. The average Bonchev–Trinajstić information content (AvgIpc) is 3.25. The van der Waals surface area contributed by atoms with Crippen molar-refractivity contribution in [1.29, 1.82) is 0 Å². The fourth-order valence-corrected chi connectivity index (χ4v) is 2.26. The van der Waals surface area contributed by atoms with Crippen LogP contribution in [0.4, 0.5) is 0 Å². The van der Waals surface area contributed by atoms with Crippen molar-refractivity contribution in [2.45, 2.75) is 32.4 Å². The van der Waals surface area contributed by atoms with E-state index in [-0.39, 0.29) is 0 Å². The van der Waals surface area contributed by atoms with E-state index in [0.717, 1.165) is 28.6 Å². The molecule has 0 aromatic heterocycles. The first-order valence-electron chi connectivity index (χ1n) is 6.97. The van der Waals surface area contributed by atoms with Gasteiger partial charge in [0.2, 0.25) is 0 Å². The summed E-state index contributed by atoms with van der Waals surface area (Å²) in [7, 11) is 0. The van der Waals surface area contributed by atoms with Gasteiger partial charge in [-0.25, -0.2) is 0 Å². The first kappa shape index (κ1) is 13.5. The number of benzene rings is 2. The molecular formula is C17H18ClNO. The maximum Gasteiger partial charge on any atom is 0.128 e. The van der Waals surface area contributed by atoms with Gasteiger partial charge >= 0.3 is 0 Å². The lowest BCUT2D eigenvalue weighted by atomic mass is 10.2. The Balaban J connectivity index is 1.67. The van der Waals surface area contributed by atoms with Crippen LogP contribution in [0.5, 0.6) is 11.5 Å². The van der Waals surface area contributed by atoms with E-state index < -0.39 is 0 Å². The molecule has 2 aromatic rings. The van der Waals surface area contributed by atoms with Gasteiger partial charge in [0.05, 0.1) is 0 Å². The van der Waals surface area contributed by atoms with Crippen LogP contribution in [0.2, 0.25) is 5.02 Å². The molecule has 1 N–H and O–H groups in total. The van der Waals surface area contributed by atoms with Gasteiger partial charge in [0.25, 0.3) is 0 Å². The van der Waals surface area contributed by atoms with Crippen LogP contribution in [0.15, 0.2) is 42.5 Å². The summed E-state index contributed by atoms with van der Waals surface area (Å²) in [5, 5.41) is 4.22. The second-order valence-corrected chi connectivity index (χ2v) is 5.73. The fraction of sp³-hybridized carbons (Fsp3) is 0.294. The van der Waals surface area contributed by atoms with E-state index in [0.29, 0.717) is 6.04 Å². The molecule has 20 heavy (non-hydrogen) atoms. The minimum absolute atomic E-state index is 0.689. The highest BCUT2D eigenvalue weighted by Crippen LogP contribution is 2.28. The second-order valence-electron chi connectivity index (χ2n) is 5.32. The molecule has 0 saturated heterocycles. The van der Waals surface area contributed by atoms with Gasteiger partial charge in [-0.05, 0) is 49.6 Å². The van der Waals surface area contributed by atoms with Crippen molar-refractivity contribution in [2.24, 2.45) is 0 Å². The van der Waals surface area contributed by atoms with Crippen LogP contribution in [0.3, 0.4) is 0 Å². The van der Waals surface area contributed by atoms with Crippen molar-refractivity contribution in [2.75, 3.05) is 0 Å². The third kappa shape index (κ3) is 3.53. The van der Waals surface area contributed by atoms with Crippen LogP contribution in [-0.2, 0) is 6.54 Å². The molecule has 0 heterocycles. The molecule has 3 heteroatoms. The predicted molar refractivity (Wildman–Crippen MR) is 82.6 cm³/mol. The molecule has 1 aliphatic carbocycles. The largest absolute Gasteiger partial charge is 0.457 e. The maximum atomic E-state index is 6.30. The van der Waals surface area contributed by atoms with E-state index in [2.05, 4.69) is 12.2 Å². The fourth-order valence-electron chi connectivity index (χ4n) is 2.02. The van der Waals surface area contributed by atoms with Gasteiger partial charge < -0.3 is 10.1 Å². The van der Waals surface area contributed by atoms with Crippen LogP contribution in [-0.4, -0.2) is 6.04 Å². The molecule has 0 spiro atoms. The van der Waals surface area contributed by atoms with Gasteiger partial charge in [-0.2, -0.15) is 0 Å². The highest BCUT2D eigenvalue weighted by Gasteiger charge is 2.20. The molecule has 0 bridgehead atoms. The van der Waals surface area contributed by atoms with Crippen molar-refractivity contribution in [3.05, 3.63) is 58.6 Å². The Morgan fingerprint density at radius 2 is 1.80 bits per heavy atom. The molecule has 0 amide bonds. The molecule has 0 atom stereocenters. The molecule has 0 aliphatic heterocycles. The lowest BCUT2D eigenvalue weighted by Gasteiger charge is -2.09. The van der Waals surface area contributed by atoms with E-state index in [9.17, 15) is 0 Å². The Morgan fingerprint density at radius 3 is 2.45 bits per heavy atom.